The summed E-state index contributed by atoms with van der Waals surface area (Å²) in [6.45, 7) is 8.22. The van der Waals surface area contributed by atoms with Crippen molar-refractivity contribution >= 4 is 23.2 Å². The van der Waals surface area contributed by atoms with E-state index < -0.39 is 0 Å². The fraction of sp³-hybridized carbons (Fsp3) is 0.583. The Bertz CT molecular complexity index is 932. The minimum atomic E-state index is 0.733. The van der Waals surface area contributed by atoms with Crippen molar-refractivity contribution in [1.82, 2.24) is 0 Å². The van der Waals surface area contributed by atoms with Crippen molar-refractivity contribution in [3.63, 3.8) is 0 Å². The maximum absolute atomic E-state index is 6.26. The SMILES string of the molecule is CCCCCCCCCOc1ccc(C=CC(=S)c2ccc(CCC)cc2)cc1OCCCCCCCCC. The summed E-state index contributed by atoms with van der Waals surface area (Å²) in [4.78, 5) is 0.850. The predicted octanol–water partition coefficient (Wildman–Crippen LogP) is 11.3. The molecule has 0 radical (unpaired) electrons. The molecule has 2 aromatic carbocycles. The molecule has 3 heteroatoms. The maximum Gasteiger partial charge on any atom is 0.161 e. The van der Waals surface area contributed by atoms with Crippen LogP contribution >= 0.6 is 12.2 Å². The number of thiocarbonyl (C=S) groups is 1. The molecule has 0 aliphatic carbocycles. The molecule has 0 saturated heterocycles. The Morgan fingerprint density at radius 2 is 1.15 bits per heavy atom. The average molecular weight is 551 g/mol. The highest BCUT2D eigenvalue weighted by Crippen LogP contribution is 2.30. The van der Waals surface area contributed by atoms with E-state index in [4.69, 9.17) is 21.7 Å². The van der Waals surface area contributed by atoms with Crippen molar-refractivity contribution in [1.29, 1.82) is 0 Å². The molecule has 0 aromatic heterocycles. The third kappa shape index (κ3) is 14.7. The zero-order chi connectivity index (χ0) is 28.0. The number of unbranched alkanes of at least 4 members (excludes halogenated alkanes) is 12. The first-order valence-corrected chi connectivity index (χ1v) is 16.3. The normalized spacial score (nSPS) is 11.3. The Balaban J connectivity index is 1.93. The second kappa shape index (κ2) is 21.7. The van der Waals surface area contributed by atoms with E-state index in [1.807, 2.05) is 6.08 Å². The summed E-state index contributed by atoms with van der Waals surface area (Å²) in [5.41, 5.74) is 3.53. The molecule has 216 valence electrons. The summed E-state index contributed by atoms with van der Waals surface area (Å²) in [5, 5.41) is 0. The lowest BCUT2D eigenvalue weighted by Crippen LogP contribution is -2.03. The van der Waals surface area contributed by atoms with Gasteiger partial charge in [-0.3, -0.25) is 0 Å². The summed E-state index contributed by atoms with van der Waals surface area (Å²) in [5.74, 6) is 1.70. The molecule has 0 N–H and O–H groups in total. The van der Waals surface area contributed by atoms with E-state index in [9.17, 15) is 0 Å². The van der Waals surface area contributed by atoms with Crippen molar-refractivity contribution in [2.24, 2.45) is 0 Å². The number of rotatable bonds is 23. The van der Waals surface area contributed by atoms with Crippen molar-refractivity contribution in [2.45, 2.75) is 124 Å². The molecule has 0 heterocycles. The second-order valence-electron chi connectivity index (χ2n) is 10.8. The van der Waals surface area contributed by atoms with Gasteiger partial charge in [-0.05, 0) is 54.2 Å². The molecule has 0 aliphatic heterocycles. The first-order chi connectivity index (χ1) is 19.2. The fourth-order valence-electron chi connectivity index (χ4n) is 4.74. The summed E-state index contributed by atoms with van der Waals surface area (Å²) < 4.78 is 12.5. The van der Waals surface area contributed by atoms with Gasteiger partial charge in [0.05, 0.1) is 13.2 Å². The van der Waals surface area contributed by atoms with Gasteiger partial charge in [-0.1, -0.05) is 153 Å². The van der Waals surface area contributed by atoms with E-state index in [1.165, 1.54) is 82.6 Å². The van der Waals surface area contributed by atoms with Gasteiger partial charge in [0.2, 0.25) is 0 Å². The average Bonchev–Trinajstić information content (AvgIpc) is 2.96. The van der Waals surface area contributed by atoms with Crippen LogP contribution in [0, 0.1) is 0 Å². The van der Waals surface area contributed by atoms with E-state index in [-0.39, 0.29) is 0 Å². The smallest absolute Gasteiger partial charge is 0.161 e. The van der Waals surface area contributed by atoms with Gasteiger partial charge in [-0.25, -0.2) is 0 Å². The minimum Gasteiger partial charge on any atom is -0.490 e. The van der Waals surface area contributed by atoms with Crippen LogP contribution < -0.4 is 9.47 Å². The maximum atomic E-state index is 6.26. The van der Waals surface area contributed by atoms with Gasteiger partial charge in [0.15, 0.2) is 11.5 Å². The van der Waals surface area contributed by atoms with Gasteiger partial charge < -0.3 is 9.47 Å². The summed E-state index contributed by atoms with van der Waals surface area (Å²) >= 11 is 5.70. The molecular weight excluding hydrogens is 496 g/mol. The van der Waals surface area contributed by atoms with Gasteiger partial charge >= 0.3 is 0 Å². The first-order valence-electron chi connectivity index (χ1n) is 15.9. The van der Waals surface area contributed by atoms with Crippen molar-refractivity contribution in [3.8, 4) is 11.5 Å². The van der Waals surface area contributed by atoms with Gasteiger partial charge in [0.25, 0.3) is 0 Å². The molecule has 0 amide bonds. The van der Waals surface area contributed by atoms with Crippen molar-refractivity contribution < 1.29 is 9.47 Å². The van der Waals surface area contributed by atoms with Crippen LogP contribution in [0.15, 0.2) is 48.5 Å². The van der Waals surface area contributed by atoms with Crippen LogP contribution in [0.3, 0.4) is 0 Å². The topological polar surface area (TPSA) is 18.5 Å². The molecular formula is C36H54O2S. The standard InChI is InChI=1S/C36H54O2S/c1-4-7-9-11-13-15-17-28-37-34-26-22-32(30-35(34)38-29-18-16-14-12-10-8-5-2)23-27-36(39)33-24-20-31(19-6-3)21-25-33/h20-27,30H,4-19,28-29H2,1-3H3. The lowest BCUT2D eigenvalue weighted by molar-refractivity contribution is 0.258. The Hall–Kier alpha value is -2.13. The third-order valence-electron chi connectivity index (χ3n) is 7.18. The lowest BCUT2D eigenvalue weighted by Gasteiger charge is -2.14. The van der Waals surface area contributed by atoms with E-state index in [0.29, 0.717) is 0 Å². The van der Waals surface area contributed by atoms with E-state index in [1.54, 1.807) is 0 Å². The Kier molecular flexibility index (Phi) is 18.4. The summed E-state index contributed by atoms with van der Waals surface area (Å²) in [7, 11) is 0. The number of ether oxygens (including phenoxy) is 2. The summed E-state index contributed by atoms with van der Waals surface area (Å²) in [6, 6.07) is 14.9. The second-order valence-corrected chi connectivity index (χ2v) is 11.2. The van der Waals surface area contributed by atoms with Crippen LogP contribution in [0.4, 0.5) is 0 Å². The van der Waals surface area contributed by atoms with Gasteiger partial charge in [0.1, 0.15) is 0 Å². The molecule has 0 unspecified atom stereocenters. The molecule has 2 rings (SSSR count). The van der Waals surface area contributed by atoms with Crippen molar-refractivity contribution in [3.05, 3.63) is 65.2 Å². The van der Waals surface area contributed by atoms with E-state index in [0.717, 1.165) is 66.4 Å². The van der Waals surface area contributed by atoms with Gasteiger partial charge in [-0.2, -0.15) is 0 Å². The molecule has 2 aromatic rings. The lowest BCUT2D eigenvalue weighted by atomic mass is 10.1. The van der Waals surface area contributed by atoms with E-state index >= 15 is 0 Å². The van der Waals surface area contributed by atoms with Crippen LogP contribution in [0.2, 0.25) is 0 Å². The highest BCUT2D eigenvalue weighted by atomic mass is 32.1. The fourth-order valence-corrected chi connectivity index (χ4v) is 4.94. The monoisotopic (exact) mass is 550 g/mol. The van der Waals surface area contributed by atoms with Gasteiger partial charge in [0, 0.05) is 4.86 Å². The van der Waals surface area contributed by atoms with Crippen LogP contribution in [-0.2, 0) is 6.42 Å². The van der Waals surface area contributed by atoms with Gasteiger partial charge in [-0.15, -0.1) is 0 Å². The highest BCUT2D eigenvalue weighted by Gasteiger charge is 2.07. The first kappa shape index (κ1) is 33.1. The Morgan fingerprint density at radius 3 is 1.72 bits per heavy atom. The molecule has 39 heavy (non-hydrogen) atoms. The zero-order valence-electron chi connectivity index (χ0n) is 25.1. The molecule has 0 bridgehead atoms. The highest BCUT2D eigenvalue weighted by molar-refractivity contribution is 7.81. The summed E-state index contributed by atoms with van der Waals surface area (Å²) in [6.07, 6.45) is 24.3. The zero-order valence-corrected chi connectivity index (χ0v) is 26.0. The number of aryl methyl sites for hydroxylation is 1. The van der Waals surface area contributed by atoms with Crippen LogP contribution in [0.5, 0.6) is 11.5 Å². The van der Waals surface area contributed by atoms with Crippen LogP contribution in [0.1, 0.15) is 134 Å². The Morgan fingerprint density at radius 1 is 0.615 bits per heavy atom. The number of allylic oxidation sites excluding steroid dienone is 1. The molecule has 2 nitrogen and oxygen atoms in total. The quantitative estimate of drug-likeness (QED) is 0.0593. The molecule has 0 atom stereocenters. The largest absolute Gasteiger partial charge is 0.490 e. The number of benzene rings is 2. The molecule has 0 fully saturated rings. The Labute approximate surface area is 245 Å². The van der Waals surface area contributed by atoms with Crippen molar-refractivity contribution in [2.75, 3.05) is 13.2 Å². The predicted molar refractivity (Wildman–Crippen MR) is 175 cm³/mol. The van der Waals surface area contributed by atoms with Crippen LogP contribution in [-0.4, -0.2) is 18.1 Å². The number of hydrogen-bond donors (Lipinski definition) is 0. The number of hydrogen-bond acceptors (Lipinski definition) is 3. The van der Waals surface area contributed by atoms with Crippen LogP contribution in [0.25, 0.3) is 6.08 Å². The minimum absolute atomic E-state index is 0.733. The van der Waals surface area contributed by atoms with E-state index in [2.05, 4.69) is 69.3 Å². The third-order valence-corrected chi connectivity index (χ3v) is 7.55. The molecule has 0 saturated carbocycles. The molecule has 0 spiro atoms. The molecule has 0 aliphatic rings.